The van der Waals surface area contributed by atoms with Crippen LogP contribution < -0.4 is 10.2 Å². The van der Waals surface area contributed by atoms with Crippen molar-refractivity contribution in [3.8, 4) is 0 Å². The maximum atomic E-state index is 12.4. The van der Waals surface area contributed by atoms with Crippen molar-refractivity contribution in [3.63, 3.8) is 0 Å². The van der Waals surface area contributed by atoms with Gasteiger partial charge in [0.2, 0.25) is 0 Å². The molecule has 0 spiro atoms. The van der Waals surface area contributed by atoms with Gasteiger partial charge in [0, 0.05) is 44.5 Å². The number of anilines is 1. The van der Waals surface area contributed by atoms with Gasteiger partial charge in [-0.25, -0.2) is 4.98 Å². The van der Waals surface area contributed by atoms with Crippen LogP contribution in [0, 0.1) is 0 Å². The highest BCUT2D eigenvalue weighted by molar-refractivity contribution is 5.92. The van der Waals surface area contributed by atoms with Crippen molar-refractivity contribution in [2.24, 2.45) is 7.05 Å². The van der Waals surface area contributed by atoms with E-state index in [9.17, 15) is 4.79 Å². The van der Waals surface area contributed by atoms with E-state index in [2.05, 4.69) is 34.1 Å². The highest BCUT2D eigenvalue weighted by Gasteiger charge is 2.24. The third-order valence-corrected chi connectivity index (χ3v) is 4.31. The maximum absolute atomic E-state index is 12.4. The lowest BCUT2D eigenvalue weighted by molar-refractivity contribution is 0.0928. The number of hydrogen-bond donors (Lipinski definition) is 1. The molecule has 3 heterocycles. The number of hydrogen-bond acceptors (Lipinski definition) is 4. The zero-order valence-electron chi connectivity index (χ0n) is 13.9. The molecular weight excluding hydrogens is 292 g/mol. The first-order valence-corrected chi connectivity index (χ1v) is 8.12. The quantitative estimate of drug-likeness (QED) is 0.930. The molecule has 7 heteroatoms. The molecule has 0 radical (unpaired) electrons. The Kier molecular flexibility index (Phi) is 4.36. The van der Waals surface area contributed by atoms with E-state index in [0.717, 1.165) is 31.7 Å². The molecule has 1 amide bonds. The third-order valence-electron chi connectivity index (χ3n) is 4.31. The molecule has 1 aliphatic heterocycles. The minimum Gasteiger partial charge on any atom is -0.355 e. The molecule has 23 heavy (non-hydrogen) atoms. The first-order valence-electron chi connectivity index (χ1n) is 8.12. The van der Waals surface area contributed by atoms with Gasteiger partial charge in [0.05, 0.1) is 12.5 Å². The Morgan fingerprint density at radius 3 is 2.91 bits per heavy atom. The molecule has 1 aliphatic rings. The van der Waals surface area contributed by atoms with E-state index < -0.39 is 0 Å². The summed E-state index contributed by atoms with van der Waals surface area (Å²) in [7, 11) is 1.94. The van der Waals surface area contributed by atoms with Gasteiger partial charge in [0.15, 0.2) is 0 Å². The standard InChI is InChI=1S/C16H24N6O/c1-12(2)22-10-14(17-11-22)16(23)19-13-5-4-8-21(9-13)15-6-7-18-20(15)3/h6-7,10-13H,4-5,8-9H2,1-3H3,(H,19,23)/t13-/m0/s1. The highest BCUT2D eigenvalue weighted by atomic mass is 16.2. The predicted molar refractivity (Wildman–Crippen MR) is 88.5 cm³/mol. The van der Waals surface area contributed by atoms with Gasteiger partial charge in [-0.3, -0.25) is 9.48 Å². The summed E-state index contributed by atoms with van der Waals surface area (Å²) in [6, 6.07) is 2.45. The molecule has 1 N–H and O–H groups in total. The van der Waals surface area contributed by atoms with Gasteiger partial charge < -0.3 is 14.8 Å². The Balaban J connectivity index is 1.63. The topological polar surface area (TPSA) is 68.0 Å². The summed E-state index contributed by atoms with van der Waals surface area (Å²) in [6.45, 7) is 5.93. The number of aromatic nitrogens is 4. The number of piperidine rings is 1. The fraction of sp³-hybridized carbons (Fsp3) is 0.562. The highest BCUT2D eigenvalue weighted by Crippen LogP contribution is 2.19. The average Bonchev–Trinajstić information content (AvgIpc) is 3.16. The molecule has 0 bridgehead atoms. The Labute approximate surface area is 136 Å². The normalized spacial score (nSPS) is 18.4. The van der Waals surface area contributed by atoms with Crippen LogP contribution in [0.4, 0.5) is 5.82 Å². The fourth-order valence-corrected chi connectivity index (χ4v) is 2.98. The van der Waals surface area contributed by atoms with Gasteiger partial charge in [-0.2, -0.15) is 5.10 Å². The van der Waals surface area contributed by atoms with Crippen LogP contribution in [0.25, 0.3) is 0 Å². The van der Waals surface area contributed by atoms with Crippen LogP contribution >= 0.6 is 0 Å². The SMILES string of the molecule is CC(C)n1cnc(C(=O)N[C@H]2CCCN(c3ccnn3C)C2)c1. The molecule has 2 aromatic rings. The summed E-state index contributed by atoms with van der Waals surface area (Å²) in [5.74, 6) is 0.995. The second-order valence-electron chi connectivity index (χ2n) is 6.37. The van der Waals surface area contributed by atoms with Gasteiger partial charge >= 0.3 is 0 Å². The third kappa shape index (κ3) is 3.38. The van der Waals surface area contributed by atoms with Crippen LogP contribution in [-0.4, -0.2) is 44.4 Å². The first-order chi connectivity index (χ1) is 11.0. The van der Waals surface area contributed by atoms with E-state index in [4.69, 9.17) is 0 Å². The Morgan fingerprint density at radius 1 is 1.43 bits per heavy atom. The van der Waals surface area contributed by atoms with Crippen LogP contribution in [0.5, 0.6) is 0 Å². The summed E-state index contributed by atoms with van der Waals surface area (Å²) < 4.78 is 3.81. The second-order valence-corrected chi connectivity index (χ2v) is 6.37. The van der Waals surface area contributed by atoms with Crippen molar-refractivity contribution in [1.82, 2.24) is 24.6 Å². The lowest BCUT2D eigenvalue weighted by Gasteiger charge is -2.34. The lowest BCUT2D eigenvalue weighted by atomic mass is 10.1. The summed E-state index contributed by atoms with van der Waals surface area (Å²) in [5.41, 5.74) is 0.483. The number of carbonyl (C=O) groups excluding carboxylic acids is 1. The van der Waals surface area contributed by atoms with Crippen LogP contribution in [0.2, 0.25) is 0 Å². The summed E-state index contributed by atoms with van der Waals surface area (Å²) in [4.78, 5) is 18.9. The van der Waals surface area contributed by atoms with E-state index in [1.807, 2.05) is 28.6 Å². The Morgan fingerprint density at radius 2 is 2.26 bits per heavy atom. The number of rotatable bonds is 4. The van der Waals surface area contributed by atoms with Crippen molar-refractivity contribution in [2.75, 3.05) is 18.0 Å². The van der Waals surface area contributed by atoms with Gasteiger partial charge in [-0.05, 0) is 26.7 Å². The summed E-state index contributed by atoms with van der Waals surface area (Å²) in [6.07, 6.45) is 7.36. The zero-order valence-corrected chi connectivity index (χ0v) is 13.9. The van der Waals surface area contributed by atoms with Gasteiger partial charge in [0.1, 0.15) is 11.5 Å². The molecule has 7 nitrogen and oxygen atoms in total. The lowest BCUT2D eigenvalue weighted by Crippen LogP contribution is -2.48. The van der Waals surface area contributed by atoms with E-state index in [-0.39, 0.29) is 11.9 Å². The van der Waals surface area contributed by atoms with E-state index in [1.165, 1.54) is 0 Å². The van der Waals surface area contributed by atoms with Crippen LogP contribution in [0.3, 0.4) is 0 Å². The van der Waals surface area contributed by atoms with Crippen LogP contribution in [0.1, 0.15) is 43.2 Å². The minimum atomic E-state index is -0.0961. The number of nitrogens with one attached hydrogen (secondary N) is 1. The summed E-state index contributed by atoms with van der Waals surface area (Å²) >= 11 is 0. The number of imidazole rings is 1. The molecule has 0 unspecified atom stereocenters. The molecule has 0 aromatic carbocycles. The first kappa shape index (κ1) is 15.6. The fourth-order valence-electron chi connectivity index (χ4n) is 2.98. The second kappa shape index (κ2) is 6.44. The molecular formula is C16H24N6O. The Bertz CT molecular complexity index is 674. The molecule has 2 aromatic heterocycles. The molecule has 124 valence electrons. The predicted octanol–water partition coefficient (Wildman–Crippen LogP) is 1.60. The molecule has 0 aliphatic carbocycles. The van der Waals surface area contributed by atoms with Crippen molar-refractivity contribution in [3.05, 3.63) is 30.5 Å². The largest absolute Gasteiger partial charge is 0.355 e. The van der Waals surface area contributed by atoms with Crippen molar-refractivity contribution >= 4 is 11.7 Å². The molecule has 1 fully saturated rings. The zero-order chi connectivity index (χ0) is 16.4. The van der Waals surface area contributed by atoms with E-state index in [0.29, 0.717) is 11.7 Å². The smallest absolute Gasteiger partial charge is 0.271 e. The molecule has 1 saturated heterocycles. The maximum Gasteiger partial charge on any atom is 0.271 e. The van der Waals surface area contributed by atoms with E-state index >= 15 is 0 Å². The summed E-state index contributed by atoms with van der Waals surface area (Å²) in [5, 5.41) is 7.33. The van der Waals surface area contributed by atoms with Gasteiger partial charge in [0.25, 0.3) is 5.91 Å². The Hall–Kier alpha value is -2.31. The van der Waals surface area contributed by atoms with Crippen LogP contribution in [-0.2, 0) is 7.05 Å². The number of carbonyl (C=O) groups is 1. The van der Waals surface area contributed by atoms with Gasteiger partial charge in [-0.1, -0.05) is 0 Å². The monoisotopic (exact) mass is 316 g/mol. The van der Waals surface area contributed by atoms with E-state index in [1.54, 1.807) is 12.5 Å². The van der Waals surface area contributed by atoms with Crippen molar-refractivity contribution < 1.29 is 4.79 Å². The number of amides is 1. The number of nitrogens with zero attached hydrogens (tertiary/aromatic N) is 5. The average molecular weight is 316 g/mol. The molecule has 3 rings (SSSR count). The molecule has 0 saturated carbocycles. The van der Waals surface area contributed by atoms with Crippen molar-refractivity contribution in [2.45, 2.75) is 38.8 Å². The molecule has 1 atom stereocenters. The number of aryl methyl sites for hydroxylation is 1. The van der Waals surface area contributed by atoms with Gasteiger partial charge in [-0.15, -0.1) is 0 Å². The van der Waals surface area contributed by atoms with Crippen molar-refractivity contribution in [1.29, 1.82) is 0 Å². The van der Waals surface area contributed by atoms with Crippen LogP contribution in [0.15, 0.2) is 24.8 Å². The minimum absolute atomic E-state index is 0.0961.